The summed E-state index contributed by atoms with van der Waals surface area (Å²) in [6.07, 6.45) is 2.09. The summed E-state index contributed by atoms with van der Waals surface area (Å²) in [7, 11) is -1.34. The number of rotatable bonds is 3. The van der Waals surface area contributed by atoms with Gasteiger partial charge in [0.15, 0.2) is 0 Å². The average Bonchev–Trinajstić information content (AvgIpc) is 2.42. The Balaban J connectivity index is 2.04. The van der Waals surface area contributed by atoms with Gasteiger partial charge in [0.1, 0.15) is 5.60 Å². The lowest BCUT2D eigenvalue weighted by atomic mass is 9.78. The highest BCUT2D eigenvalue weighted by Gasteiger charge is 2.48. The summed E-state index contributed by atoms with van der Waals surface area (Å²) in [5, 5.41) is 13.1. The van der Waals surface area contributed by atoms with Crippen LogP contribution in [-0.4, -0.2) is 67.1 Å². The van der Waals surface area contributed by atoms with Gasteiger partial charge in [0.05, 0.1) is 17.5 Å². The minimum atomic E-state index is -3.18. The molecular formula is C14H28N2O4S. The zero-order valence-corrected chi connectivity index (χ0v) is 14.2. The minimum absolute atomic E-state index is 0.0282. The Morgan fingerprint density at radius 1 is 1.33 bits per heavy atom. The molecular weight excluding hydrogens is 292 g/mol. The fraction of sp³-hybridized carbons (Fsp3) is 1.00. The Kier molecular flexibility index (Phi) is 4.71. The van der Waals surface area contributed by atoms with Gasteiger partial charge in [-0.1, -0.05) is 0 Å². The molecule has 0 aliphatic carbocycles. The number of aliphatic hydroxyl groups is 1. The molecule has 0 aromatic heterocycles. The molecule has 7 heteroatoms. The average molecular weight is 320 g/mol. The van der Waals surface area contributed by atoms with E-state index < -0.39 is 15.6 Å². The first-order valence-corrected chi connectivity index (χ1v) is 9.16. The maximum Gasteiger partial charge on any atom is 0.216 e. The molecule has 6 nitrogen and oxygen atoms in total. The molecule has 1 spiro atoms. The van der Waals surface area contributed by atoms with Crippen molar-refractivity contribution in [3.63, 3.8) is 0 Å². The van der Waals surface area contributed by atoms with Gasteiger partial charge in [-0.05, 0) is 47.1 Å². The molecule has 2 atom stereocenters. The highest BCUT2D eigenvalue weighted by atomic mass is 32.2. The lowest BCUT2D eigenvalue weighted by Gasteiger charge is -2.50. The van der Waals surface area contributed by atoms with E-state index in [1.807, 2.05) is 7.05 Å². The van der Waals surface area contributed by atoms with Crippen molar-refractivity contribution < 1.29 is 18.3 Å². The third-order valence-electron chi connectivity index (χ3n) is 4.94. The molecule has 0 aromatic carbocycles. The van der Waals surface area contributed by atoms with Gasteiger partial charge in [-0.2, -0.15) is 0 Å². The Morgan fingerprint density at radius 2 is 1.90 bits per heavy atom. The molecule has 124 valence electrons. The highest BCUT2D eigenvalue weighted by molar-refractivity contribution is 7.89. The first kappa shape index (κ1) is 17.1. The van der Waals surface area contributed by atoms with Crippen molar-refractivity contribution in [2.75, 3.05) is 26.7 Å². The first-order chi connectivity index (χ1) is 9.63. The molecule has 0 saturated carbocycles. The van der Waals surface area contributed by atoms with E-state index in [0.29, 0.717) is 32.4 Å². The van der Waals surface area contributed by atoms with E-state index in [0.717, 1.165) is 0 Å². The first-order valence-electron chi connectivity index (χ1n) is 7.65. The molecule has 2 aliphatic heterocycles. The van der Waals surface area contributed by atoms with Gasteiger partial charge in [0, 0.05) is 19.1 Å². The van der Waals surface area contributed by atoms with Crippen LogP contribution in [0.5, 0.6) is 0 Å². The Bertz CT molecular complexity index is 467. The van der Waals surface area contributed by atoms with Crippen LogP contribution >= 0.6 is 0 Å². The number of ether oxygens (including phenoxy) is 1. The molecule has 2 fully saturated rings. The summed E-state index contributed by atoms with van der Waals surface area (Å²) in [6, 6.07) is -0.0282. The van der Waals surface area contributed by atoms with Crippen LogP contribution in [0.1, 0.15) is 40.0 Å². The number of sulfonamides is 1. The van der Waals surface area contributed by atoms with E-state index in [1.54, 1.807) is 25.1 Å². The number of hydrogen-bond acceptors (Lipinski definition) is 5. The number of nitrogens with zero attached hydrogens (tertiary/aromatic N) is 1. The zero-order valence-electron chi connectivity index (χ0n) is 13.4. The van der Waals surface area contributed by atoms with Gasteiger partial charge in [0.2, 0.25) is 10.0 Å². The van der Waals surface area contributed by atoms with Crippen LogP contribution in [0, 0.1) is 0 Å². The van der Waals surface area contributed by atoms with E-state index in [-0.39, 0.29) is 23.5 Å². The van der Waals surface area contributed by atoms with Crippen LogP contribution < -0.4 is 5.32 Å². The van der Waals surface area contributed by atoms with Crippen molar-refractivity contribution in [2.24, 2.45) is 0 Å². The lowest BCUT2D eigenvalue weighted by molar-refractivity contribution is -0.188. The molecule has 0 aromatic rings. The van der Waals surface area contributed by atoms with Crippen molar-refractivity contribution in [3.05, 3.63) is 0 Å². The SMILES string of the molecule is CN[C@H]1CC2(CCN(S(=O)(=O)C(C)C)CC2)OC[C@]1(C)O. The predicted octanol–water partition coefficient (Wildman–Crippen LogP) is 0.319. The van der Waals surface area contributed by atoms with Crippen molar-refractivity contribution in [1.82, 2.24) is 9.62 Å². The van der Waals surface area contributed by atoms with Crippen molar-refractivity contribution >= 4 is 10.0 Å². The molecule has 21 heavy (non-hydrogen) atoms. The fourth-order valence-corrected chi connectivity index (χ4v) is 4.55. The fourth-order valence-electron chi connectivity index (χ4n) is 3.26. The Hall–Kier alpha value is -0.210. The van der Waals surface area contributed by atoms with Crippen LogP contribution in [0.25, 0.3) is 0 Å². The number of piperidine rings is 1. The topological polar surface area (TPSA) is 78.9 Å². The molecule has 0 amide bonds. The van der Waals surface area contributed by atoms with Crippen LogP contribution in [0.2, 0.25) is 0 Å². The minimum Gasteiger partial charge on any atom is -0.386 e. The summed E-state index contributed by atoms with van der Waals surface area (Å²) in [5.74, 6) is 0. The number of nitrogens with one attached hydrogen (secondary N) is 1. The number of hydrogen-bond donors (Lipinski definition) is 2. The largest absolute Gasteiger partial charge is 0.386 e. The van der Waals surface area contributed by atoms with Gasteiger partial charge in [-0.3, -0.25) is 0 Å². The molecule has 2 rings (SSSR count). The molecule has 0 radical (unpaired) electrons. The second-order valence-corrected chi connectivity index (χ2v) is 9.36. The molecule has 2 N–H and O–H groups in total. The standard InChI is InChI=1S/C14H28N2O4S/c1-11(2)21(18,19)16-7-5-14(6-8-16)9-12(15-4)13(3,17)10-20-14/h11-12,15,17H,5-10H2,1-4H3/t12-,13-/m0/s1. The van der Waals surface area contributed by atoms with Gasteiger partial charge < -0.3 is 15.2 Å². The van der Waals surface area contributed by atoms with Gasteiger partial charge >= 0.3 is 0 Å². The van der Waals surface area contributed by atoms with Crippen molar-refractivity contribution in [2.45, 2.75) is 62.5 Å². The maximum atomic E-state index is 12.2. The smallest absolute Gasteiger partial charge is 0.216 e. The lowest BCUT2D eigenvalue weighted by Crippen LogP contribution is -2.62. The number of likely N-dealkylation sites (N-methyl/N-ethyl adjacent to an activating group) is 1. The van der Waals surface area contributed by atoms with Gasteiger partial charge in [0.25, 0.3) is 0 Å². The molecule has 2 saturated heterocycles. The molecule has 2 aliphatic rings. The predicted molar refractivity (Wildman–Crippen MR) is 81.6 cm³/mol. The summed E-state index contributed by atoms with van der Waals surface area (Å²) >= 11 is 0. The van der Waals surface area contributed by atoms with Crippen LogP contribution in [0.3, 0.4) is 0 Å². The van der Waals surface area contributed by atoms with Crippen LogP contribution in [0.4, 0.5) is 0 Å². The molecule has 2 heterocycles. The third-order valence-corrected chi connectivity index (χ3v) is 7.21. The second-order valence-electron chi connectivity index (χ2n) is 6.87. The summed E-state index contributed by atoms with van der Waals surface area (Å²) < 4.78 is 32.0. The summed E-state index contributed by atoms with van der Waals surface area (Å²) in [6.45, 7) is 6.49. The van der Waals surface area contributed by atoms with Gasteiger partial charge in [-0.15, -0.1) is 0 Å². The van der Waals surface area contributed by atoms with Gasteiger partial charge in [-0.25, -0.2) is 12.7 Å². The monoisotopic (exact) mass is 320 g/mol. The second kappa shape index (κ2) is 5.77. The van der Waals surface area contributed by atoms with E-state index in [2.05, 4.69) is 5.32 Å². The highest BCUT2D eigenvalue weighted by Crippen LogP contribution is 2.38. The van der Waals surface area contributed by atoms with E-state index in [1.165, 1.54) is 0 Å². The van der Waals surface area contributed by atoms with E-state index in [9.17, 15) is 13.5 Å². The summed E-state index contributed by atoms with van der Waals surface area (Å²) in [5.41, 5.74) is -1.18. The normalized spacial score (nSPS) is 34.5. The molecule has 0 bridgehead atoms. The van der Waals surface area contributed by atoms with Crippen molar-refractivity contribution in [1.29, 1.82) is 0 Å². The maximum absolute atomic E-state index is 12.2. The Morgan fingerprint density at radius 3 is 2.38 bits per heavy atom. The zero-order chi connectivity index (χ0) is 15.9. The van der Waals surface area contributed by atoms with E-state index in [4.69, 9.17) is 4.74 Å². The van der Waals surface area contributed by atoms with Crippen molar-refractivity contribution in [3.8, 4) is 0 Å². The summed E-state index contributed by atoms with van der Waals surface area (Å²) in [4.78, 5) is 0. The van der Waals surface area contributed by atoms with Crippen LogP contribution in [-0.2, 0) is 14.8 Å². The van der Waals surface area contributed by atoms with E-state index >= 15 is 0 Å². The third kappa shape index (κ3) is 3.27. The van der Waals surface area contributed by atoms with Crippen LogP contribution in [0.15, 0.2) is 0 Å². The quantitative estimate of drug-likeness (QED) is 0.783. The molecule has 0 unspecified atom stereocenters. The Labute approximate surface area is 127 Å².